The maximum absolute atomic E-state index is 9.62. The van der Waals surface area contributed by atoms with Gasteiger partial charge in [-0.25, -0.2) is 14.6 Å². The van der Waals surface area contributed by atoms with Gasteiger partial charge >= 0.3 is 0 Å². The molecule has 7 nitrogen and oxygen atoms in total. The fourth-order valence-corrected chi connectivity index (χ4v) is 1.69. The highest BCUT2D eigenvalue weighted by molar-refractivity contribution is 4.93. The lowest BCUT2D eigenvalue weighted by atomic mass is 10.2. The van der Waals surface area contributed by atoms with E-state index in [1.807, 2.05) is 13.8 Å². The van der Waals surface area contributed by atoms with Crippen molar-refractivity contribution in [3.63, 3.8) is 0 Å². The highest BCUT2D eigenvalue weighted by Crippen LogP contribution is 2.03. The van der Waals surface area contributed by atoms with Crippen molar-refractivity contribution in [2.75, 3.05) is 0 Å². The van der Waals surface area contributed by atoms with Crippen molar-refractivity contribution >= 4 is 0 Å². The third-order valence-corrected chi connectivity index (χ3v) is 2.77. The predicted molar refractivity (Wildman–Crippen MR) is 64.8 cm³/mol. The number of aliphatic hydroxyl groups excluding tert-OH is 1. The highest BCUT2D eigenvalue weighted by atomic mass is 16.3. The van der Waals surface area contributed by atoms with Gasteiger partial charge in [0.2, 0.25) is 0 Å². The molecule has 98 valence electrons. The Hall–Kier alpha value is -1.76. The Morgan fingerprint density at radius 3 is 2.94 bits per heavy atom. The van der Waals surface area contributed by atoms with Crippen molar-refractivity contribution in [1.82, 2.24) is 29.9 Å². The van der Waals surface area contributed by atoms with Crippen LogP contribution in [0, 0.1) is 6.92 Å². The molecular weight excluding hydrogens is 232 g/mol. The van der Waals surface area contributed by atoms with Gasteiger partial charge < -0.3 is 5.11 Å². The van der Waals surface area contributed by atoms with Crippen LogP contribution in [0.15, 0.2) is 6.33 Å². The molecule has 2 aromatic rings. The summed E-state index contributed by atoms with van der Waals surface area (Å²) in [6.07, 6.45) is 3.27. The SMILES string of the molecule is CCC(O)Cn1ncnc1CCc1n[nH]c(C)n1. The van der Waals surface area contributed by atoms with E-state index in [1.54, 1.807) is 4.68 Å². The highest BCUT2D eigenvalue weighted by Gasteiger charge is 2.10. The minimum absolute atomic E-state index is 0.379. The molecule has 18 heavy (non-hydrogen) atoms. The standard InChI is InChI=1S/C11H18N6O/c1-3-9(18)6-17-11(12-7-13-17)5-4-10-14-8(2)15-16-10/h7,9,18H,3-6H2,1-2H3,(H,14,15,16). The van der Waals surface area contributed by atoms with Crippen molar-refractivity contribution in [3.8, 4) is 0 Å². The van der Waals surface area contributed by atoms with E-state index in [0.717, 1.165) is 17.5 Å². The number of aromatic nitrogens is 6. The molecule has 0 spiro atoms. The Labute approximate surface area is 105 Å². The number of aromatic amines is 1. The lowest BCUT2D eigenvalue weighted by molar-refractivity contribution is 0.143. The van der Waals surface area contributed by atoms with Gasteiger partial charge in [-0.1, -0.05) is 6.92 Å². The first-order chi connectivity index (χ1) is 8.69. The van der Waals surface area contributed by atoms with Gasteiger partial charge in [0, 0.05) is 12.8 Å². The van der Waals surface area contributed by atoms with Crippen molar-refractivity contribution in [3.05, 3.63) is 23.8 Å². The van der Waals surface area contributed by atoms with Gasteiger partial charge in [-0.15, -0.1) is 0 Å². The average Bonchev–Trinajstić information content (AvgIpc) is 2.96. The van der Waals surface area contributed by atoms with E-state index >= 15 is 0 Å². The number of aliphatic hydroxyl groups is 1. The van der Waals surface area contributed by atoms with Gasteiger partial charge in [0.05, 0.1) is 12.6 Å². The molecule has 2 aromatic heterocycles. The van der Waals surface area contributed by atoms with Crippen LogP contribution in [0.1, 0.15) is 30.8 Å². The summed E-state index contributed by atoms with van der Waals surface area (Å²) in [5, 5.41) is 20.6. The Balaban J connectivity index is 1.95. The van der Waals surface area contributed by atoms with Gasteiger partial charge in [-0.3, -0.25) is 5.10 Å². The zero-order valence-corrected chi connectivity index (χ0v) is 10.7. The Kier molecular flexibility index (Phi) is 4.03. The maximum atomic E-state index is 9.62. The number of nitrogens with zero attached hydrogens (tertiary/aromatic N) is 5. The zero-order valence-electron chi connectivity index (χ0n) is 10.7. The molecule has 0 bridgehead atoms. The summed E-state index contributed by atoms with van der Waals surface area (Å²) in [7, 11) is 0. The van der Waals surface area contributed by atoms with Gasteiger partial charge in [0.15, 0.2) is 5.82 Å². The number of nitrogens with one attached hydrogen (secondary N) is 1. The second-order valence-corrected chi connectivity index (χ2v) is 4.26. The van der Waals surface area contributed by atoms with Crippen molar-refractivity contribution in [2.45, 2.75) is 45.8 Å². The lowest BCUT2D eigenvalue weighted by Crippen LogP contribution is -2.18. The van der Waals surface area contributed by atoms with Crippen molar-refractivity contribution in [1.29, 1.82) is 0 Å². The fraction of sp³-hybridized carbons (Fsp3) is 0.636. The fourth-order valence-electron chi connectivity index (χ4n) is 1.69. The van der Waals surface area contributed by atoms with Crippen LogP contribution in [-0.4, -0.2) is 41.2 Å². The summed E-state index contributed by atoms with van der Waals surface area (Å²) in [5.74, 6) is 2.44. The normalized spacial score (nSPS) is 12.8. The second kappa shape index (κ2) is 5.72. The molecule has 0 aliphatic rings. The summed E-state index contributed by atoms with van der Waals surface area (Å²) in [6.45, 7) is 4.30. The van der Waals surface area contributed by atoms with E-state index in [1.165, 1.54) is 6.33 Å². The summed E-state index contributed by atoms with van der Waals surface area (Å²) < 4.78 is 1.74. The van der Waals surface area contributed by atoms with Crippen molar-refractivity contribution < 1.29 is 5.11 Å². The Morgan fingerprint density at radius 2 is 2.28 bits per heavy atom. The smallest absolute Gasteiger partial charge is 0.151 e. The monoisotopic (exact) mass is 250 g/mol. The van der Waals surface area contributed by atoms with Crippen LogP contribution in [0.3, 0.4) is 0 Å². The molecule has 0 saturated carbocycles. The third-order valence-electron chi connectivity index (χ3n) is 2.77. The molecule has 0 saturated heterocycles. The molecule has 0 aliphatic carbocycles. The van der Waals surface area contributed by atoms with E-state index < -0.39 is 0 Å². The molecule has 0 amide bonds. The first kappa shape index (κ1) is 12.7. The second-order valence-electron chi connectivity index (χ2n) is 4.26. The number of aryl methyl sites for hydroxylation is 3. The number of hydrogen-bond donors (Lipinski definition) is 2. The molecule has 0 aliphatic heterocycles. The predicted octanol–water partition coefficient (Wildman–Crippen LogP) is 0.261. The minimum atomic E-state index is -0.379. The Morgan fingerprint density at radius 1 is 1.44 bits per heavy atom. The molecule has 0 aromatic carbocycles. The maximum Gasteiger partial charge on any atom is 0.151 e. The lowest BCUT2D eigenvalue weighted by Gasteiger charge is -2.09. The first-order valence-electron chi connectivity index (χ1n) is 6.11. The summed E-state index contributed by atoms with van der Waals surface area (Å²) >= 11 is 0. The van der Waals surface area contributed by atoms with Gasteiger partial charge in [-0.05, 0) is 13.3 Å². The van der Waals surface area contributed by atoms with Crippen molar-refractivity contribution in [2.24, 2.45) is 0 Å². The van der Waals surface area contributed by atoms with E-state index in [0.29, 0.717) is 25.8 Å². The van der Waals surface area contributed by atoms with E-state index in [2.05, 4.69) is 25.3 Å². The van der Waals surface area contributed by atoms with E-state index in [-0.39, 0.29) is 6.10 Å². The molecule has 1 atom stereocenters. The molecular formula is C11H18N6O. The summed E-state index contributed by atoms with van der Waals surface area (Å²) in [4.78, 5) is 8.44. The Bertz CT molecular complexity index is 491. The van der Waals surface area contributed by atoms with Crippen LogP contribution in [0.5, 0.6) is 0 Å². The number of H-pyrrole nitrogens is 1. The quantitative estimate of drug-likeness (QED) is 0.767. The van der Waals surface area contributed by atoms with Crippen LogP contribution < -0.4 is 0 Å². The molecule has 2 rings (SSSR count). The molecule has 1 unspecified atom stereocenters. The molecule has 2 N–H and O–H groups in total. The summed E-state index contributed by atoms with van der Waals surface area (Å²) in [5.41, 5.74) is 0. The largest absolute Gasteiger partial charge is 0.391 e. The first-order valence-corrected chi connectivity index (χ1v) is 6.11. The molecule has 7 heteroatoms. The van der Waals surface area contributed by atoms with E-state index in [4.69, 9.17) is 0 Å². The number of rotatable bonds is 6. The van der Waals surface area contributed by atoms with Gasteiger partial charge in [0.25, 0.3) is 0 Å². The van der Waals surface area contributed by atoms with Crippen LogP contribution in [0.4, 0.5) is 0 Å². The van der Waals surface area contributed by atoms with E-state index in [9.17, 15) is 5.11 Å². The van der Waals surface area contributed by atoms with Crippen LogP contribution in [0.2, 0.25) is 0 Å². The topological polar surface area (TPSA) is 92.5 Å². The third kappa shape index (κ3) is 3.13. The minimum Gasteiger partial charge on any atom is -0.391 e. The van der Waals surface area contributed by atoms with Gasteiger partial charge in [-0.2, -0.15) is 10.2 Å². The number of hydrogen-bond acceptors (Lipinski definition) is 5. The zero-order chi connectivity index (χ0) is 13.0. The summed E-state index contributed by atoms with van der Waals surface area (Å²) in [6, 6.07) is 0. The molecule has 0 radical (unpaired) electrons. The average molecular weight is 250 g/mol. The molecule has 2 heterocycles. The van der Waals surface area contributed by atoms with Crippen LogP contribution in [0.25, 0.3) is 0 Å². The van der Waals surface area contributed by atoms with Crippen LogP contribution in [-0.2, 0) is 19.4 Å². The molecule has 0 fully saturated rings. The van der Waals surface area contributed by atoms with Gasteiger partial charge in [0.1, 0.15) is 18.0 Å². The van der Waals surface area contributed by atoms with Crippen LogP contribution >= 0.6 is 0 Å².